The highest BCUT2D eigenvalue weighted by atomic mass is 16.6. The van der Waals surface area contributed by atoms with E-state index in [1.165, 1.54) is 70.6 Å². The van der Waals surface area contributed by atoms with Crippen molar-refractivity contribution in [3.05, 3.63) is 0 Å². The van der Waals surface area contributed by atoms with Crippen LogP contribution in [0.15, 0.2) is 0 Å². The van der Waals surface area contributed by atoms with E-state index in [2.05, 4.69) is 13.8 Å². The average Bonchev–Trinajstić information content (AvgIpc) is 3.30. The Balaban J connectivity index is 0.000000382. The molecule has 0 aromatic carbocycles. The van der Waals surface area contributed by atoms with E-state index in [4.69, 9.17) is 9.47 Å². The van der Waals surface area contributed by atoms with Crippen LogP contribution in [0.4, 0.5) is 0 Å². The van der Waals surface area contributed by atoms with Crippen molar-refractivity contribution in [3.63, 3.8) is 0 Å². The van der Waals surface area contributed by atoms with Crippen LogP contribution in [0.2, 0.25) is 0 Å². The highest BCUT2D eigenvalue weighted by Crippen LogP contribution is 2.18. The van der Waals surface area contributed by atoms with E-state index in [0.29, 0.717) is 12.2 Å². The first-order chi connectivity index (χ1) is 9.33. The van der Waals surface area contributed by atoms with Crippen molar-refractivity contribution in [2.75, 3.05) is 13.2 Å². The van der Waals surface area contributed by atoms with Crippen molar-refractivity contribution in [2.24, 2.45) is 0 Å². The molecule has 2 saturated heterocycles. The van der Waals surface area contributed by atoms with E-state index in [9.17, 15) is 0 Å². The molecular weight excluding hydrogens is 236 g/mol. The first-order valence-corrected chi connectivity index (χ1v) is 8.56. The molecule has 2 aliphatic heterocycles. The Morgan fingerprint density at radius 1 is 0.737 bits per heavy atom. The predicted molar refractivity (Wildman–Crippen MR) is 81.6 cm³/mol. The van der Waals surface area contributed by atoms with Crippen LogP contribution in [-0.4, -0.2) is 25.4 Å². The van der Waals surface area contributed by atoms with Crippen molar-refractivity contribution in [3.8, 4) is 0 Å². The minimum absolute atomic E-state index is 0.583. The Kier molecular flexibility index (Phi) is 10.5. The van der Waals surface area contributed by atoms with Crippen LogP contribution >= 0.6 is 0 Å². The highest BCUT2D eigenvalue weighted by Gasteiger charge is 2.20. The van der Waals surface area contributed by atoms with Gasteiger partial charge in [0.05, 0.1) is 25.4 Å². The van der Waals surface area contributed by atoms with Gasteiger partial charge in [-0.15, -0.1) is 0 Å². The summed E-state index contributed by atoms with van der Waals surface area (Å²) >= 11 is 0. The van der Waals surface area contributed by atoms with E-state index in [1.54, 1.807) is 0 Å². The monoisotopic (exact) mass is 270 g/mol. The van der Waals surface area contributed by atoms with E-state index in [0.717, 1.165) is 13.2 Å². The van der Waals surface area contributed by atoms with E-state index in [1.807, 2.05) is 0 Å². The molecule has 0 spiro atoms. The lowest BCUT2D eigenvalue weighted by molar-refractivity contribution is 0.387. The molecule has 2 rings (SSSR count). The molecule has 0 amide bonds. The van der Waals surface area contributed by atoms with Gasteiger partial charge in [-0.05, 0) is 13.3 Å². The minimum atomic E-state index is 0.583. The zero-order chi connectivity index (χ0) is 13.8. The van der Waals surface area contributed by atoms with Crippen LogP contribution in [0.1, 0.15) is 84.5 Å². The molecule has 0 radical (unpaired) electrons. The Bertz CT molecular complexity index is 186. The molecule has 2 fully saturated rings. The topological polar surface area (TPSA) is 25.1 Å². The maximum Gasteiger partial charge on any atom is 0.0810 e. The predicted octanol–water partition coefficient (Wildman–Crippen LogP) is 5.10. The highest BCUT2D eigenvalue weighted by molar-refractivity contribution is 4.68. The molecule has 2 nitrogen and oxygen atoms in total. The molecule has 0 saturated carbocycles. The van der Waals surface area contributed by atoms with Crippen LogP contribution in [-0.2, 0) is 9.47 Å². The van der Waals surface area contributed by atoms with Gasteiger partial charge >= 0.3 is 0 Å². The lowest BCUT2D eigenvalue weighted by Gasteiger charge is -2.01. The lowest BCUT2D eigenvalue weighted by atomic mass is 10.1. The fraction of sp³-hybridized carbons (Fsp3) is 1.00. The second kappa shape index (κ2) is 11.7. The smallest absolute Gasteiger partial charge is 0.0810 e. The van der Waals surface area contributed by atoms with Crippen LogP contribution < -0.4 is 0 Å². The summed E-state index contributed by atoms with van der Waals surface area (Å²) in [6.45, 7) is 6.36. The lowest BCUT2D eigenvalue weighted by Crippen LogP contribution is -1.86. The van der Waals surface area contributed by atoms with Crippen molar-refractivity contribution >= 4 is 0 Å². The Labute approximate surface area is 120 Å². The van der Waals surface area contributed by atoms with E-state index in [-0.39, 0.29) is 0 Å². The number of rotatable bonds is 11. The standard InChI is InChI=1S/C14H28O.C3H6O/c1-2-3-4-5-6-7-8-9-10-11-12-14-13-15-14;1-3-2-4-3/h14H,2-13H2,1H3;3H,2H2,1H3. The largest absolute Gasteiger partial charge is 0.373 e. The van der Waals surface area contributed by atoms with Gasteiger partial charge in [0.25, 0.3) is 0 Å². The molecule has 2 heteroatoms. The average molecular weight is 270 g/mol. The number of epoxide rings is 2. The first-order valence-electron chi connectivity index (χ1n) is 8.56. The summed E-state index contributed by atoms with van der Waals surface area (Å²) in [6, 6.07) is 0. The summed E-state index contributed by atoms with van der Waals surface area (Å²) in [5.41, 5.74) is 0. The fourth-order valence-electron chi connectivity index (χ4n) is 2.19. The molecule has 0 bridgehead atoms. The SMILES string of the molecule is CC1CO1.CCCCCCCCCCCCC1CO1. The van der Waals surface area contributed by atoms with Gasteiger partial charge in [0, 0.05) is 0 Å². The third-order valence-electron chi connectivity index (χ3n) is 3.78. The van der Waals surface area contributed by atoms with Gasteiger partial charge in [0.2, 0.25) is 0 Å². The molecule has 0 aromatic rings. The van der Waals surface area contributed by atoms with Crippen LogP contribution in [0, 0.1) is 0 Å². The normalized spacial score (nSPS) is 23.7. The zero-order valence-corrected chi connectivity index (χ0v) is 13.2. The summed E-state index contributed by atoms with van der Waals surface area (Å²) in [4.78, 5) is 0. The van der Waals surface area contributed by atoms with E-state index < -0.39 is 0 Å². The molecule has 0 aliphatic carbocycles. The summed E-state index contributed by atoms with van der Waals surface area (Å²) in [5, 5.41) is 0. The van der Waals surface area contributed by atoms with Gasteiger partial charge in [-0.2, -0.15) is 0 Å². The summed E-state index contributed by atoms with van der Waals surface area (Å²) in [6.07, 6.45) is 16.9. The molecule has 2 unspecified atom stereocenters. The van der Waals surface area contributed by atoms with Gasteiger partial charge in [0.1, 0.15) is 0 Å². The van der Waals surface area contributed by atoms with Crippen molar-refractivity contribution in [1.29, 1.82) is 0 Å². The van der Waals surface area contributed by atoms with Crippen LogP contribution in [0.3, 0.4) is 0 Å². The van der Waals surface area contributed by atoms with E-state index >= 15 is 0 Å². The Hall–Kier alpha value is -0.0800. The number of ether oxygens (including phenoxy) is 2. The summed E-state index contributed by atoms with van der Waals surface area (Å²) in [7, 11) is 0. The quantitative estimate of drug-likeness (QED) is 0.385. The molecule has 2 atom stereocenters. The molecule has 2 aliphatic rings. The van der Waals surface area contributed by atoms with Crippen LogP contribution in [0.5, 0.6) is 0 Å². The summed E-state index contributed by atoms with van der Waals surface area (Å²) < 4.78 is 9.90. The zero-order valence-electron chi connectivity index (χ0n) is 13.2. The van der Waals surface area contributed by atoms with Crippen molar-refractivity contribution < 1.29 is 9.47 Å². The molecule has 19 heavy (non-hydrogen) atoms. The third kappa shape index (κ3) is 14.1. The van der Waals surface area contributed by atoms with Crippen molar-refractivity contribution in [2.45, 2.75) is 96.7 Å². The number of hydrogen-bond donors (Lipinski definition) is 0. The third-order valence-corrected chi connectivity index (χ3v) is 3.78. The fourth-order valence-corrected chi connectivity index (χ4v) is 2.19. The molecule has 0 aromatic heterocycles. The Morgan fingerprint density at radius 2 is 1.16 bits per heavy atom. The molecular formula is C17H34O2. The Morgan fingerprint density at radius 3 is 1.53 bits per heavy atom. The minimum Gasteiger partial charge on any atom is -0.373 e. The van der Waals surface area contributed by atoms with Crippen LogP contribution in [0.25, 0.3) is 0 Å². The summed E-state index contributed by atoms with van der Waals surface area (Å²) in [5.74, 6) is 0. The van der Waals surface area contributed by atoms with Gasteiger partial charge in [0.15, 0.2) is 0 Å². The molecule has 2 heterocycles. The van der Waals surface area contributed by atoms with Crippen molar-refractivity contribution in [1.82, 2.24) is 0 Å². The van der Waals surface area contributed by atoms with Gasteiger partial charge < -0.3 is 9.47 Å². The van der Waals surface area contributed by atoms with Gasteiger partial charge in [-0.25, -0.2) is 0 Å². The second-order valence-electron chi connectivity index (χ2n) is 6.07. The molecule has 0 N–H and O–H groups in total. The van der Waals surface area contributed by atoms with Gasteiger partial charge in [-0.1, -0.05) is 71.1 Å². The number of unbranched alkanes of at least 4 members (excludes halogenated alkanes) is 9. The maximum absolute atomic E-state index is 5.19. The van der Waals surface area contributed by atoms with Gasteiger partial charge in [-0.3, -0.25) is 0 Å². The maximum atomic E-state index is 5.19. The molecule has 114 valence electrons. The first kappa shape index (κ1) is 17.0. The number of hydrogen-bond acceptors (Lipinski definition) is 2. The second-order valence-corrected chi connectivity index (χ2v) is 6.07.